The highest BCUT2D eigenvalue weighted by atomic mass is 79.9. The molecular formula is C18H15BrN2O. The first-order valence-corrected chi connectivity index (χ1v) is 7.81. The number of aromatic nitrogens is 2. The zero-order chi connectivity index (χ0) is 15.5. The lowest BCUT2D eigenvalue weighted by Crippen LogP contribution is -1.93. The van der Waals surface area contributed by atoms with Gasteiger partial charge in [0.2, 0.25) is 0 Å². The van der Waals surface area contributed by atoms with Gasteiger partial charge in [0.05, 0.1) is 17.8 Å². The van der Waals surface area contributed by atoms with Gasteiger partial charge in [-0.25, -0.2) is 9.97 Å². The second-order valence-corrected chi connectivity index (χ2v) is 5.74. The van der Waals surface area contributed by atoms with Gasteiger partial charge in [0.15, 0.2) is 0 Å². The summed E-state index contributed by atoms with van der Waals surface area (Å²) in [5.41, 5.74) is 3.80. The molecule has 22 heavy (non-hydrogen) atoms. The first-order valence-electron chi connectivity index (χ1n) is 7.02. The van der Waals surface area contributed by atoms with Gasteiger partial charge in [0.1, 0.15) is 12.1 Å². The van der Waals surface area contributed by atoms with Gasteiger partial charge in [-0.05, 0) is 31.2 Å². The van der Waals surface area contributed by atoms with Crippen molar-refractivity contribution in [2.75, 3.05) is 6.61 Å². The molecule has 3 aromatic rings. The van der Waals surface area contributed by atoms with Crippen LogP contribution < -0.4 is 0 Å². The van der Waals surface area contributed by atoms with E-state index >= 15 is 0 Å². The molecule has 0 unspecified atom stereocenters. The maximum absolute atomic E-state index is 5.49. The highest BCUT2D eigenvalue weighted by Crippen LogP contribution is 2.29. The fraction of sp³-hybridized carbons (Fsp3) is 0.111. The summed E-state index contributed by atoms with van der Waals surface area (Å²) in [5.74, 6) is 0.670. The second-order valence-electron chi connectivity index (χ2n) is 4.82. The van der Waals surface area contributed by atoms with Crippen LogP contribution in [0.1, 0.15) is 12.5 Å². The van der Waals surface area contributed by atoms with E-state index in [0.29, 0.717) is 12.4 Å². The number of hydrogen-bond donors (Lipinski definition) is 0. The Balaban J connectivity index is 2.13. The van der Waals surface area contributed by atoms with Crippen molar-refractivity contribution < 1.29 is 4.74 Å². The van der Waals surface area contributed by atoms with Gasteiger partial charge in [0.25, 0.3) is 0 Å². The molecule has 0 amide bonds. The Morgan fingerprint density at radius 2 is 2.05 bits per heavy atom. The molecule has 1 heterocycles. The van der Waals surface area contributed by atoms with Crippen LogP contribution in [0.3, 0.4) is 0 Å². The van der Waals surface area contributed by atoms with E-state index in [4.69, 9.17) is 4.74 Å². The highest BCUT2D eigenvalue weighted by molar-refractivity contribution is 9.10. The molecule has 4 heteroatoms. The van der Waals surface area contributed by atoms with Crippen molar-refractivity contribution in [1.29, 1.82) is 0 Å². The van der Waals surface area contributed by atoms with E-state index in [9.17, 15) is 0 Å². The van der Waals surface area contributed by atoms with E-state index in [1.165, 1.54) is 0 Å². The largest absolute Gasteiger partial charge is 0.494 e. The summed E-state index contributed by atoms with van der Waals surface area (Å²) in [5, 5.41) is 1.01. The molecular weight excluding hydrogens is 340 g/mol. The zero-order valence-electron chi connectivity index (χ0n) is 12.2. The van der Waals surface area contributed by atoms with E-state index in [2.05, 4.69) is 32.5 Å². The van der Waals surface area contributed by atoms with Crippen LogP contribution in [-0.4, -0.2) is 16.6 Å². The van der Waals surface area contributed by atoms with Gasteiger partial charge in [-0.1, -0.05) is 40.7 Å². The Bertz CT molecular complexity index is 845. The number of benzene rings is 2. The molecule has 0 bridgehead atoms. The average molecular weight is 355 g/mol. The first kappa shape index (κ1) is 14.7. The van der Waals surface area contributed by atoms with Crippen LogP contribution in [0, 0.1) is 0 Å². The van der Waals surface area contributed by atoms with Crippen molar-refractivity contribution in [2.45, 2.75) is 6.92 Å². The number of nitrogens with zero attached hydrogens (tertiary/aromatic N) is 2. The molecule has 2 aromatic carbocycles. The molecule has 0 saturated carbocycles. The van der Waals surface area contributed by atoms with E-state index in [1.807, 2.05) is 49.4 Å². The van der Waals surface area contributed by atoms with Crippen LogP contribution in [0.2, 0.25) is 0 Å². The number of rotatable bonds is 4. The fourth-order valence-electron chi connectivity index (χ4n) is 2.36. The van der Waals surface area contributed by atoms with Gasteiger partial charge in [-0.2, -0.15) is 0 Å². The van der Waals surface area contributed by atoms with E-state index in [1.54, 1.807) is 6.33 Å². The third-order valence-electron chi connectivity index (χ3n) is 3.37. The van der Waals surface area contributed by atoms with Gasteiger partial charge in [-0.15, -0.1) is 0 Å². The molecule has 3 rings (SSSR count). The van der Waals surface area contributed by atoms with Gasteiger partial charge in [-0.3, -0.25) is 0 Å². The van der Waals surface area contributed by atoms with E-state index in [0.717, 1.165) is 32.2 Å². The van der Waals surface area contributed by atoms with Gasteiger partial charge >= 0.3 is 0 Å². The molecule has 0 fully saturated rings. The van der Waals surface area contributed by atoms with Crippen molar-refractivity contribution in [3.05, 3.63) is 65.4 Å². The van der Waals surface area contributed by atoms with Crippen molar-refractivity contribution >= 4 is 32.6 Å². The van der Waals surface area contributed by atoms with Crippen LogP contribution in [0.4, 0.5) is 0 Å². The molecule has 110 valence electrons. The Morgan fingerprint density at radius 3 is 2.86 bits per heavy atom. The van der Waals surface area contributed by atoms with Gasteiger partial charge < -0.3 is 4.74 Å². The molecule has 0 radical (unpaired) electrons. The molecule has 0 atom stereocenters. The SMILES string of the molecule is C=C(OCC)c1cccc(-c2ncnc3ccc(Br)cc23)c1. The third kappa shape index (κ3) is 2.88. The summed E-state index contributed by atoms with van der Waals surface area (Å²) >= 11 is 3.51. The van der Waals surface area contributed by atoms with Crippen LogP contribution >= 0.6 is 15.9 Å². The first-order chi connectivity index (χ1) is 10.7. The zero-order valence-corrected chi connectivity index (χ0v) is 13.8. The number of hydrogen-bond acceptors (Lipinski definition) is 3. The number of ether oxygens (including phenoxy) is 1. The maximum Gasteiger partial charge on any atom is 0.119 e. The van der Waals surface area contributed by atoms with Crippen LogP contribution in [0.5, 0.6) is 0 Å². The summed E-state index contributed by atoms with van der Waals surface area (Å²) in [6, 6.07) is 14.0. The molecule has 0 spiro atoms. The van der Waals surface area contributed by atoms with Gasteiger partial charge in [0, 0.05) is 21.0 Å². The molecule has 0 aliphatic carbocycles. The number of fused-ring (bicyclic) bond motifs is 1. The summed E-state index contributed by atoms with van der Waals surface area (Å²) < 4.78 is 6.50. The van der Waals surface area contributed by atoms with Crippen molar-refractivity contribution in [2.24, 2.45) is 0 Å². The smallest absolute Gasteiger partial charge is 0.119 e. The monoisotopic (exact) mass is 354 g/mol. The Labute approximate surface area is 137 Å². The fourth-order valence-corrected chi connectivity index (χ4v) is 2.72. The molecule has 0 aliphatic heterocycles. The molecule has 1 aromatic heterocycles. The molecule has 0 aliphatic rings. The quantitative estimate of drug-likeness (QED) is 0.613. The summed E-state index contributed by atoms with van der Waals surface area (Å²) in [6.07, 6.45) is 1.59. The number of halogens is 1. The minimum atomic E-state index is 0.604. The Kier molecular flexibility index (Phi) is 4.20. The lowest BCUT2D eigenvalue weighted by atomic mass is 10.0. The summed E-state index contributed by atoms with van der Waals surface area (Å²) in [4.78, 5) is 8.78. The standard InChI is InChI=1S/C18H15BrN2O/c1-3-22-12(2)13-5-4-6-14(9-13)18-16-10-15(19)7-8-17(16)20-11-21-18/h4-11H,2-3H2,1H3. The van der Waals surface area contributed by atoms with Crippen LogP contribution in [0.15, 0.2) is 59.8 Å². The molecule has 0 saturated heterocycles. The topological polar surface area (TPSA) is 35.0 Å². The van der Waals surface area contributed by atoms with E-state index < -0.39 is 0 Å². The second kappa shape index (κ2) is 6.28. The Hall–Kier alpha value is -2.20. The predicted octanol–water partition coefficient (Wildman–Crippen LogP) is 5.07. The summed E-state index contributed by atoms with van der Waals surface area (Å²) in [6.45, 7) is 6.52. The molecule has 3 nitrogen and oxygen atoms in total. The lowest BCUT2D eigenvalue weighted by molar-refractivity contribution is 0.299. The normalized spacial score (nSPS) is 10.6. The van der Waals surface area contributed by atoms with Crippen LogP contribution in [-0.2, 0) is 4.74 Å². The minimum absolute atomic E-state index is 0.604. The third-order valence-corrected chi connectivity index (χ3v) is 3.87. The molecule has 0 N–H and O–H groups in total. The Morgan fingerprint density at radius 1 is 1.18 bits per heavy atom. The highest BCUT2D eigenvalue weighted by Gasteiger charge is 2.09. The van der Waals surface area contributed by atoms with Crippen molar-refractivity contribution in [1.82, 2.24) is 9.97 Å². The van der Waals surface area contributed by atoms with Crippen LogP contribution in [0.25, 0.3) is 27.9 Å². The maximum atomic E-state index is 5.49. The van der Waals surface area contributed by atoms with Crippen molar-refractivity contribution in [3.63, 3.8) is 0 Å². The average Bonchev–Trinajstić information content (AvgIpc) is 2.54. The van der Waals surface area contributed by atoms with E-state index in [-0.39, 0.29) is 0 Å². The predicted molar refractivity (Wildman–Crippen MR) is 93.3 cm³/mol. The minimum Gasteiger partial charge on any atom is -0.494 e. The summed E-state index contributed by atoms with van der Waals surface area (Å²) in [7, 11) is 0. The lowest BCUT2D eigenvalue weighted by Gasteiger charge is -2.10. The van der Waals surface area contributed by atoms with Crippen molar-refractivity contribution in [3.8, 4) is 11.3 Å².